The van der Waals surface area contributed by atoms with Gasteiger partial charge in [-0.3, -0.25) is 0 Å². The van der Waals surface area contributed by atoms with Crippen LogP contribution in [0, 0.1) is 27.6 Å². The van der Waals surface area contributed by atoms with Gasteiger partial charge in [0, 0.05) is 38.1 Å². The van der Waals surface area contributed by atoms with Crippen LogP contribution >= 0.6 is 0 Å². The fraction of sp³-hybridized carbons (Fsp3) is 0.273. The Kier molecular flexibility index (Phi) is 2.68. The Labute approximate surface area is 153 Å². The molecule has 1 aromatic carbocycles. The summed E-state index contributed by atoms with van der Waals surface area (Å²) in [5.41, 5.74) is 5.74. The Bertz CT molecular complexity index is 1110. The monoisotopic (exact) mass is 324 g/mol. The summed E-state index contributed by atoms with van der Waals surface area (Å²) in [6.45, 7) is -0.612. The van der Waals surface area contributed by atoms with Gasteiger partial charge in [0.25, 0.3) is 11.4 Å². The third-order valence-corrected chi connectivity index (χ3v) is 4.49. The molecule has 0 atom stereocenters. The maximum atomic E-state index is 7.75. The van der Waals surface area contributed by atoms with Gasteiger partial charge < -0.3 is 0 Å². The third-order valence-electron chi connectivity index (χ3n) is 4.49. The standard InChI is InChI=1S/C22H26N2/c1-15-10-11-23(5)22(12-15)21-9-7-8-20(24(21)6)19-14-17(3)16(2)13-18(19)4/h7-14H,1-6H3/q+2/i1D3,2D3. The summed E-state index contributed by atoms with van der Waals surface area (Å²) in [6, 6.07) is 12.8. The van der Waals surface area contributed by atoms with E-state index in [1.165, 1.54) is 0 Å². The SMILES string of the molecule is [2H]C([2H])([2H])c1cc[n+](C)c(-c2cccc(-c3cc(C)c(C([2H])([2H])[2H])cc3C)[n+]2C)c1. The molecular weight excluding hydrogens is 292 g/mol. The predicted molar refractivity (Wildman–Crippen MR) is 98.6 cm³/mol. The summed E-state index contributed by atoms with van der Waals surface area (Å²) >= 11 is 0. The van der Waals surface area contributed by atoms with Crippen molar-refractivity contribution in [3.8, 4) is 22.6 Å². The Hall–Kier alpha value is -2.48. The van der Waals surface area contributed by atoms with Crippen molar-refractivity contribution in [2.24, 2.45) is 14.1 Å². The molecule has 2 heteroatoms. The van der Waals surface area contributed by atoms with Crippen LogP contribution in [0.5, 0.6) is 0 Å². The van der Waals surface area contributed by atoms with Crippen molar-refractivity contribution in [1.29, 1.82) is 0 Å². The number of aromatic nitrogens is 2. The van der Waals surface area contributed by atoms with Crippen LogP contribution in [-0.4, -0.2) is 0 Å². The molecule has 3 aromatic rings. The highest BCUT2D eigenvalue weighted by molar-refractivity contribution is 5.64. The first-order valence-corrected chi connectivity index (χ1v) is 7.92. The summed E-state index contributed by atoms with van der Waals surface area (Å²) in [5.74, 6) is 0. The molecule has 24 heavy (non-hydrogen) atoms. The molecule has 0 unspecified atom stereocenters. The number of nitrogens with zero attached hydrogens (tertiary/aromatic N) is 2. The molecule has 0 spiro atoms. The molecule has 2 nitrogen and oxygen atoms in total. The highest BCUT2D eigenvalue weighted by Gasteiger charge is 2.23. The van der Waals surface area contributed by atoms with Crippen LogP contribution in [0.3, 0.4) is 0 Å². The average molecular weight is 325 g/mol. The molecule has 122 valence electrons. The Balaban J connectivity index is 2.20. The van der Waals surface area contributed by atoms with E-state index in [0.29, 0.717) is 5.56 Å². The lowest BCUT2D eigenvalue weighted by Gasteiger charge is -2.10. The van der Waals surface area contributed by atoms with Crippen LogP contribution in [0.4, 0.5) is 0 Å². The average Bonchev–Trinajstić information content (AvgIpc) is 2.62. The van der Waals surface area contributed by atoms with Gasteiger partial charge in [-0.15, -0.1) is 0 Å². The highest BCUT2D eigenvalue weighted by atomic mass is 15.0. The van der Waals surface area contributed by atoms with Crippen molar-refractivity contribution in [2.45, 2.75) is 27.6 Å². The van der Waals surface area contributed by atoms with Gasteiger partial charge in [-0.25, -0.2) is 0 Å². The zero-order valence-electron chi connectivity index (χ0n) is 20.5. The van der Waals surface area contributed by atoms with Crippen molar-refractivity contribution in [1.82, 2.24) is 0 Å². The summed E-state index contributed by atoms with van der Waals surface area (Å²) < 4.78 is 50.3. The van der Waals surface area contributed by atoms with E-state index >= 15 is 0 Å². The molecule has 0 bridgehead atoms. The summed E-state index contributed by atoms with van der Waals surface area (Å²) in [7, 11) is 3.81. The van der Waals surface area contributed by atoms with Crippen molar-refractivity contribution in [3.63, 3.8) is 0 Å². The van der Waals surface area contributed by atoms with Crippen LogP contribution in [0.2, 0.25) is 0 Å². The van der Waals surface area contributed by atoms with Gasteiger partial charge in [-0.2, -0.15) is 9.13 Å². The van der Waals surface area contributed by atoms with Gasteiger partial charge in [-0.1, -0.05) is 6.07 Å². The Morgan fingerprint density at radius 3 is 2.33 bits per heavy atom. The maximum Gasteiger partial charge on any atom is 0.277 e. The van der Waals surface area contributed by atoms with Gasteiger partial charge >= 0.3 is 0 Å². The van der Waals surface area contributed by atoms with Crippen LogP contribution in [0.1, 0.15) is 30.5 Å². The summed E-state index contributed by atoms with van der Waals surface area (Å²) in [6.07, 6.45) is 1.75. The molecular formula is C22H26N2+2. The fourth-order valence-electron chi connectivity index (χ4n) is 3.03. The van der Waals surface area contributed by atoms with E-state index in [-0.39, 0.29) is 5.56 Å². The van der Waals surface area contributed by atoms with E-state index in [0.717, 1.165) is 33.8 Å². The van der Waals surface area contributed by atoms with Gasteiger partial charge in [0.15, 0.2) is 6.20 Å². The minimum absolute atomic E-state index is 0.287. The highest BCUT2D eigenvalue weighted by Crippen LogP contribution is 2.25. The molecule has 0 N–H and O–H groups in total. The van der Waals surface area contributed by atoms with E-state index in [1.54, 1.807) is 24.4 Å². The number of rotatable bonds is 2. The predicted octanol–water partition coefficient (Wildman–Crippen LogP) is 3.90. The molecule has 0 radical (unpaired) electrons. The van der Waals surface area contributed by atoms with Crippen LogP contribution in [0.15, 0.2) is 48.7 Å². The number of hydrogen-bond acceptors (Lipinski definition) is 0. The van der Waals surface area contributed by atoms with Crippen molar-refractivity contribution >= 4 is 0 Å². The van der Waals surface area contributed by atoms with Gasteiger partial charge in [0.1, 0.15) is 14.1 Å². The normalized spacial score (nSPS) is 15.7. The second-order valence-corrected chi connectivity index (χ2v) is 6.25. The van der Waals surface area contributed by atoms with Crippen molar-refractivity contribution < 1.29 is 17.4 Å². The van der Waals surface area contributed by atoms with Crippen LogP contribution in [0.25, 0.3) is 22.6 Å². The van der Waals surface area contributed by atoms with Gasteiger partial charge in [0.2, 0.25) is 5.69 Å². The molecule has 0 fully saturated rings. The number of aryl methyl sites for hydroxylation is 5. The lowest BCUT2D eigenvalue weighted by atomic mass is 9.98. The molecule has 2 aromatic heterocycles. The quantitative estimate of drug-likeness (QED) is 0.632. The number of benzene rings is 1. The molecule has 3 rings (SSSR count). The number of pyridine rings is 2. The first-order chi connectivity index (χ1) is 13.8. The maximum absolute atomic E-state index is 7.75. The minimum Gasteiger partial charge on any atom is -0.196 e. The zero-order chi connectivity index (χ0) is 22.4. The first kappa shape index (κ1) is 10.4. The smallest absolute Gasteiger partial charge is 0.196 e. The summed E-state index contributed by atoms with van der Waals surface area (Å²) in [5, 5.41) is 0. The van der Waals surface area contributed by atoms with E-state index in [1.807, 2.05) is 61.3 Å². The Morgan fingerprint density at radius 2 is 1.58 bits per heavy atom. The van der Waals surface area contributed by atoms with E-state index < -0.39 is 13.7 Å². The fourth-order valence-corrected chi connectivity index (χ4v) is 3.03. The molecule has 0 aliphatic heterocycles. The second-order valence-electron chi connectivity index (χ2n) is 6.25. The second kappa shape index (κ2) is 6.20. The summed E-state index contributed by atoms with van der Waals surface area (Å²) in [4.78, 5) is 0. The molecule has 0 saturated carbocycles. The minimum atomic E-state index is -2.18. The third kappa shape index (κ3) is 2.84. The lowest BCUT2D eigenvalue weighted by molar-refractivity contribution is -0.685. The molecule has 0 aliphatic carbocycles. The zero-order valence-corrected chi connectivity index (χ0v) is 14.5. The van der Waals surface area contributed by atoms with Gasteiger partial charge in [-0.05, 0) is 61.9 Å². The van der Waals surface area contributed by atoms with Crippen molar-refractivity contribution in [3.05, 3.63) is 70.9 Å². The first-order valence-electron chi connectivity index (χ1n) is 10.9. The van der Waals surface area contributed by atoms with Crippen LogP contribution in [-0.2, 0) is 14.1 Å². The van der Waals surface area contributed by atoms with E-state index in [4.69, 9.17) is 8.22 Å². The number of hydrogen-bond donors (Lipinski definition) is 0. The van der Waals surface area contributed by atoms with Crippen LogP contribution < -0.4 is 9.13 Å². The molecule has 2 heterocycles. The van der Waals surface area contributed by atoms with E-state index in [2.05, 4.69) is 0 Å². The largest absolute Gasteiger partial charge is 0.277 e. The molecule has 0 aliphatic rings. The lowest BCUT2D eigenvalue weighted by Crippen LogP contribution is -2.40. The molecule has 0 amide bonds. The van der Waals surface area contributed by atoms with Gasteiger partial charge in [0.05, 0.1) is 0 Å². The Morgan fingerprint density at radius 1 is 0.792 bits per heavy atom. The van der Waals surface area contributed by atoms with Crippen molar-refractivity contribution in [2.75, 3.05) is 0 Å². The van der Waals surface area contributed by atoms with E-state index in [9.17, 15) is 0 Å². The topological polar surface area (TPSA) is 7.76 Å². The molecule has 0 saturated heterocycles.